The number of hydrogen-bond acceptors (Lipinski definition) is 4. The highest BCUT2D eigenvalue weighted by Gasteiger charge is 2.18. The molecule has 3 rings (SSSR count). The molecule has 0 saturated carbocycles. The molecule has 2 aromatic carbocycles. The van der Waals surface area contributed by atoms with Gasteiger partial charge in [-0.3, -0.25) is 9.59 Å². The predicted octanol–water partition coefficient (Wildman–Crippen LogP) is 4.04. The van der Waals surface area contributed by atoms with Crippen LogP contribution in [0.2, 0.25) is 0 Å². The molecule has 6 nitrogen and oxygen atoms in total. The molecule has 2 aromatic rings. The van der Waals surface area contributed by atoms with E-state index in [1.165, 1.54) is 6.42 Å². The zero-order valence-corrected chi connectivity index (χ0v) is 17.1. The first-order valence-electron chi connectivity index (χ1n) is 10.1. The Balaban J connectivity index is 1.66. The molecule has 154 valence electrons. The van der Waals surface area contributed by atoms with Crippen molar-refractivity contribution in [1.82, 2.24) is 4.90 Å². The maximum absolute atomic E-state index is 12.6. The van der Waals surface area contributed by atoms with Crippen LogP contribution < -0.4 is 14.8 Å². The molecule has 1 fully saturated rings. The first kappa shape index (κ1) is 20.7. The SMILES string of the molecule is CCOc1cc(C(=O)Nc2ccc(C)cc2)ccc1OCC(=O)N1CCCCC1. The Kier molecular flexibility index (Phi) is 7.11. The topological polar surface area (TPSA) is 67.9 Å². The molecule has 0 atom stereocenters. The molecule has 29 heavy (non-hydrogen) atoms. The molecule has 2 amide bonds. The fraction of sp³-hybridized carbons (Fsp3) is 0.391. The summed E-state index contributed by atoms with van der Waals surface area (Å²) < 4.78 is 11.4. The van der Waals surface area contributed by atoms with Gasteiger partial charge in [0.15, 0.2) is 18.1 Å². The van der Waals surface area contributed by atoms with Crippen LogP contribution in [0.15, 0.2) is 42.5 Å². The van der Waals surface area contributed by atoms with Crippen LogP contribution in [0, 0.1) is 6.92 Å². The Morgan fingerprint density at radius 1 is 0.966 bits per heavy atom. The van der Waals surface area contributed by atoms with Crippen LogP contribution >= 0.6 is 0 Å². The van der Waals surface area contributed by atoms with Gasteiger partial charge >= 0.3 is 0 Å². The Morgan fingerprint density at radius 2 is 1.69 bits per heavy atom. The van der Waals surface area contributed by atoms with Gasteiger partial charge in [-0.15, -0.1) is 0 Å². The number of rotatable bonds is 7. The van der Waals surface area contributed by atoms with Crippen LogP contribution in [0.25, 0.3) is 0 Å². The third-order valence-corrected chi connectivity index (χ3v) is 4.88. The van der Waals surface area contributed by atoms with E-state index in [2.05, 4.69) is 5.32 Å². The molecule has 0 aromatic heterocycles. The summed E-state index contributed by atoms with van der Waals surface area (Å²) in [4.78, 5) is 26.8. The second kappa shape index (κ2) is 9.96. The fourth-order valence-corrected chi connectivity index (χ4v) is 3.25. The number of anilines is 1. The number of ether oxygens (including phenoxy) is 2. The standard InChI is InChI=1S/C23H28N2O4/c1-3-28-21-15-18(23(27)24-19-10-7-17(2)8-11-19)9-12-20(21)29-16-22(26)25-13-5-4-6-14-25/h7-12,15H,3-6,13-14,16H2,1-2H3,(H,24,27). The van der Waals surface area contributed by atoms with Crippen molar-refractivity contribution in [3.8, 4) is 11.5 Å². The minimum absolute atomic E-state index is 0.0201. The van der Waals surface area contributed by atoms with Gasteiger partial charge in [-0.2, -0.15) is 0 Å². The molecule has 1 aliphatic heterocycles. The van der Waals surface area contributed by atoms with Crippen molar-refractivity contribution in [3.05, 3.63) is 53.6 Å². The molecule has 0 aliphatic carbocycles. The van der Waals surface area contributed by atoms with Gasteiger partial charge in [0.25, 0.3) is 11.8 Å². The molecule has 0 spiro atoms. The minimum atomic E-state index is -0.231. The largest absolute Gasteiger partial charge is 0.490 e. The number of aryl methyl sites for hydroxylation is 1. The van der Waals surface area contributed by atoms with Crippen LogP contribution in [-0.2, 0) is 4.79 Å². The first-order chi connectivity index (χ1) is 14.1. The summed E-state index contributed by atoms with van der Waals surface area (Å²) >= 11 is 0. The van der Waals surface area contributed by atoms with E-state index in [0.29, 0.717) is 23.7 Å². The van der Waals surface area contributed by atoms with Gasteiger partial charge in [-0.05, 0) is 63.4 Å². The molecule has 0 radical (unpaired) electrons. The highest BCUT2D eigenvalue weighted by Crippen LogP contribution is 2.29. The zero-order valence-electron chi connectivity index (χ0n) is 17.1. The van der Waals surface area contributed by atoms with Crippen LogP contribution in [0.5, 0.6) is 11.5 Å². The lowest BCUT2D eigenvalue weighted by atomic mass is 10.1. The maximum atomic E-state index is 12.6. The van der Waals surface area contributed by atoms with E-state index in [9.17, 15) is 9.59 Å². The number of nitrogens with zero attached hydrogens (tertiary/aromatic N) is 1. The molecule has 1 saturated heterocycles. The number of hydrogen-bond donors (Lipinski definition) is 1. The summed E-state index contributed by atoms with van der Waals surface area (Å²) in [7, 11) is 0. The molecule has 1 N–H and O–H groups in total. The molecule has 0 bridgehead atoms. The third-order valence-electron chi connectivity index (χ3n) is 4.88. The maximum Gasteiger partial charge on any atom is 0.260 e. The number of likely N-dealkylation sites (tertiary alicyclic amines) is 1. The average Bonchev–Trinajstić information content (AvgIpc) is 2.75. The number of piperidine rings is 1. The molecule has 1 aliphatic rings. The van der Waals surface area contributed by atoms with E-state index in [1.54, 1.807) is 18.2 Å². The van der Waals surface area contributed by atoms with E-state index in [0.717, 1.165) is 37.2 Å². The second-order valence-electron chi connectivity index (χ2n) is 7.14. The van der Waals surface area contributed by atoms with Crippen molar-refractivity contribution >= 4 is 17.5 Å². The molecule has 6 heteroatoms. The molecular weight excluding hydrogens is 368 g/mol. The molecule has 0 unspecified atom stereocenters. The fourth-order valence-electron chi connectivity index (χ4n) is 3.25. The van der Waals surface area contributed by atoms with E-state index >= 15 is 0 Å². The van der Waals surface area contributed by atoms with Gasteiger partial charge in [-0.1, -0.05) is 17.7 Å². The average molecular weight is 396 g/mol. The summed E-state index contributed by atoms with van der Waals surface area (Å²) in [6, 6.07) is 12.6. The smallest absolute Gasteiger partial charge is 0.260 e. The minimum Gasteiger partial charge on any atom is -0.490 e. The van der Waals surface area contributed by atoms with Crippen LogP contribution in [0.1, 0.15) is 42.1 Å². The number of carbonyl (C=O) groups is 2. The second-order valence-corrected chi connectivity index (χ2v) is 7.14. The van der Waals surface area contributed by atoms with Gasteiger partial charge in [0.2, 0.25) is 0 Å². The number of nitrogens with one attached hydrogen (secondary N) is 1. The van der Waals surface area contributed by atoms with Gasteiger partial charge in [0, 0.05) is 24.3 Å². The monoisotopic (exact) mass is 396 g/mol. The van der Waals surface area contributed by atoms with Crippen molar-refractivity contribution in [1.29, 1.82) is 0 Å². The highest BCUT2D eigenvalue weighted by molar-refractivity contribution is 6.04. The van der Waals surface area contributed by atoms with Crippen LogP contribution in [-0.4, -0.2) is 43.0 Å². The van der Waals surface area contributed by atoms with Gasteiger partial charge in [0.1, 0.15) is 0 Å². The summed E-state index contributed by atoms with van der Waals surface area (Å²) in [6.07, 6.45) is 3.26. The summed E-state index contributed by atoms with van der Waals surface area (Å²) in [6.45, 7) is 5.84. The van der Waals surface area contributed by atoms with E-state index in [-0.39, 0.29) is 18.4 Å². The Bertz CT molecular complexity index is 842. The zero-order chi connectivity index (χ0) is 20.6. The van der Waals surface area contributed by atoms with Gasteiger partial charge in [0.05, 0.1) is 6.61 Å². The van der Waals surface area contributed by atoms with Gasteiger partial charge in [-0.25, -0.2) is 0 Å². The van der Waals surface area contributed by atoms with Crippen molar-refractivity contribution in [2.45, 2.75) is 33.1 Å². The van der Waals surface area contributed by atoms with E-state index in [1.807, 2.05) is 43.0 Å². The Morgan fingerprint density at radius 3 is 2.38 bits per heavy atom. The number of carbonyl (C=O) groups excluding carboxylic acids is 2. The van der Waals surface area contributed by atoms with Crippen LogP contribution in [0.4, 0.5) is 5.69 Å². The molecular formula is C23H28N2O4. The van der Waals surface area contributed by atoms with Crippen molar-refractivity contribution in [3.63, 3.8) is 0 Å². The lowest BCUT2D eigenvalue weighted by Crippen LogP contribution is -2.38. The molecule has 1 heterocycles. The normalized spacial score (nSPS) is 13.7. The van der Waals surface area contributed by atoms with Crippen LogP contribution in [0.3, 0.4) is 0 Å². The van der Waals surface area contributed by atoms with E-state index in [4.69, 9.17) is 9.47 Å². The quantitative estimate of drug-likeness (QED) is 0.767. The Hall–Kier alpha value is -3.02. The van der Waals surface area contributed by atoms with Crippen molar-refractivity contribution < 1.29 is 19.1 Å². The lowest BCUT2D eigenvalue weighted by Gasteiger charge is -2.26. The number of benzene rings is 2. The summed E-state index contributed by atoms with van der Waals surface area (Å²) in [5, 5.41) is 2.87. The lowest BCUT2D eigenvalue weighted by molar-refractivity contribution is -0.134. The third kappa shape index (κ3) is 5.73. The predicted molar refractivity (Wildman–Crippen MR) is 113 cm³/mol. The Labute approximate surface area is 171 Å². The first-order valence-corrected chi connectivity index (χ1v) is 10.1. The van der Waals surface area contributed by atoms with Crippen molar-refractivity contribution in [2.24, 2.45) is 0 Å². The van der Waals surface area contributed by atoms with Gasteiger partial charge < -0.3 is 19.7 Å². The summed E-state index contributed by atoms with van der Waals surface area (Å²) in [5.41, 5.74) is 2.32. The number of amides is 2. The van der Waals surface area contributed by atoms with Crippen molar-refractivity contribution in [2.75, 3.05) is 31.6 Å². The summed E-state index contributed by atoms with van der Waals surface area (Å²) in [5.74, 6) is 0.665. The highest BCUT2D eigenvalue weighted by atomic mass is 16.5. The van der Waals surface area contributed by atoms with E-state index < -0.39 is 0 Å².